The van der Waals surface area contributed by atoms with Crippen LogP contribution in [0.15, 0.2) is 27.0 Å². The summed E-state index contributed by atoms with van der Waals surface area (Å²) in [5, 5.41) is 20.0. The maximum absolute atomic E-state index is 12.6. The molecule has 1 aromatic heterocycles. The van der Waals surface area contributed by atoms with Gasteiger partial charge in [-0.3, -0.25) is 9.59 Å². The summed E-state index contributed by atoms with van der Waals surface area (Å²) in [6.07, 6.45) is -0.831. The summed E-state index contributed by atoms with van der Waals surface area (Å²) in [5.41, 5.74) is -2.86. The summed E-state index contributed by atoms with van der Waals surface area (Å²) in [6.45, 7) is 3.57. The highest BCUT2D eigenvalue weighted by atomic mass is 32.2. The molecule has 0 saturated heterocycles. The van der Waals surface area contributed by atoms with Crippen molar-refractivity contribution >= 4 is 23.7 Å². The average molecular weight is 461 g/mol. The van der Waals surface area contributed by atoms with E-state index >= 15 is 0 Å². The fourth-order valence-electron chi connectivity index (χ4n) is 2.39. The highest BCUT2D eigenvalue weighted by Crippen LogP contribution is 2.02. The van der Waals surface area contributed by atoms with Crippen LogP contribution >= 0.6 is 11.8 Å². The van der Waals surface area contributed by atoms with E-state index in [1.807, 2.05) is 0 Å². The van der Waals surface area contributed by atoms with E-state index in [2.05, 4.69) is 11.3 Å². The number of nitrogens with zero attached hydrogens (tertiary/aromatic N) is 3. The van der Waals surface area contributed by atoms with Crippen molar-refractivity contribution in [1.82, 2.24) is 13.7 Å². The SMILES string of the molecule is C=CCn1c(=O)n(CC(O)CC)c(=O)n(CC(O)COC(=O)CSCC(=O)OC)c1=O. The van der Waals surface area contributed by atoms with Gasteiger partial charge < -0.3 is 19.7 Å². The Labute approximate surface area is 181 Å². The van der Waals surface area contributed by atoms with Crippen molar-refractivity contribution in [2.24, 2.45) is 0 Å². The minimum atomic E-state index is -1.42. The molecular weight excluding hydrogens is 434 g/mol. The van der Waals surface area contributed by atoms with Crippen molar-refractivity contribution in [3.8, 4) is 0 Å². The molecule has 0 bridgehead atoms. The fraction of sp³-hybridized carbons (Fsp3) is 0.611. The van der Waals surface area contributed by atoms with Gasteiger partial charge in [0.2, 0.25) is 0 Å². The largest absolute Gasteiger partial charge is 0.468 e. The molecule has 13 heteroatoms. The second kappa shape index (κ2) is 12.9. The molecule has 1 aromatic rings. The van der Waals surface area contributed by atoms with Gasteiger partial charge in [-0.2, -0.15) is 0 Å². The molecule has 0 radical (unpaired) electrons. The molecule has 0 fully saturated rings. The summed E-state index contributed by atoms with van der Waals surface area (Å²) in [5.74, 6) is -1.41. The number of carbonyl (C=O) groups is 2. The van der Waals surface area contributed by atoms with Gasteiger partial charge in [-0.1, -0.05) is 13.0 Å². The number of carbonyl (C=O) groups excluding carboxylic acids is 2. The number of thioether (sulfide) groups is 1. The van der Waals surface area contributed by atoms with E-state index in [1.165, 1.54) is 13.2 Å². The van der Waals surface area contributed by atoms with Crippen molar-refractivity contribution in [1.29, 1.82) is 0 Å². The van der Waals surface area contributed by atoms with Gasteiger partial charge in [0.25, 0.3) is 0 Å². The number of ether oxygens (including phenoxy) is 2. The maximum atomic E-state index is 12.6. The Morgan fingerprint density at radius 1 is 1.00 bits per heavy atom. The monoisotopic (exact) mass is 461 g/mol. The van der Waals surface area contributed by atoms with Crippen LogP contribution in [0.25, 0.3) is 0 Å². The second-order valence-corrected chi connectivity index (χ2v) is 7.42. The van der Waals surface area contributed by atoms with E-state index in [4.69, 9.17) is 4.74 Å². The molecule has 2 N–H and O–H groups in total. The molecule has 31 heavy (non-hydrogen) atoms. The molecule has 0 aliphatic carbocycles. The van der Waals surface area contributed by atoms with Crippen molar-refractivity contribution in [3.63, 3.8) is 0 Å². The summed E-state index contributed by atoms with van der Waals surface area (Å²) in [4.78, 5) is 60.3. The third kappa shape index (κ3) is 7.84. The van der Waals surface area contributed by atoms with Crippen molar-refractivity contribution in [2.45, 2.75) is 45.2 Å². The number of allylic oxidation sites excluding steroid dienone is 1. The third-order valence-electron chi connectivity index (χ3n) is 4.06. The van der Waals surface area contributed by atoms with Crippen molar-refractivity contribution in [2.75, 3.05) is 25.2 Å². The van der Waals surface area contributed by atoms with Gasteiger partial charge in [-0.05, 0) is 6.42 Å². The zero-order valence-electron chi connectivity index (χ0n) is 17.4. The number of hydrogen-bond acceptors (Lipinski definition) is 10. The lowest BCUT2D eigenvalue weighted by Gasteiger charge is -2.17. The number of esters is 2. The van der Waals surface area contributed by atoms with Crippen molar-refractivity contribution in [3.05, 3.63) is 44.1 Å². The van der Waals surface area contributed by atoms with Crippen LogP contribution in [0.3, 0.4) is 0 Å². The number of aliphatic hydroxyl groups excluding tert-OH is 2. The Morgan fingerprint density at radius 3 is 2.03 bits per heavy atom. The molecule has 0 aromatic carbocycles. The summed E-state index contributed by atoms with van der Waals surface area (Å²) >= 11 is 0.963. The van der Waals surface area contributed by atoms with E-state index in [1.54, 1.807) is 6.92 Å². The average Bonchev–Trinajstić information content (AvgIpc) is 2.75. The predicted molar refractivity (Wildman–Crippen MR) is 112 cm³/mol. The predicted octanol–water partition coefficient (Wildman–Crippen LogP) is -2.06. The van der Waals surface area contributed by atoms with Crippen LogP contribution in [0.2, 0.25) is 0 Å². The number of methoxy groups -OCH3 is 1. The molecular formula is C18H27N3O9S. The highest BCUT2D eigenvalue weighted by molar-refractivity contribution is 8.00. The molecule has 0 aliphatic rings. The molecule has 0 aliphatic heterocycles. The van der Waals surface area contributed by atoms with Crippen molar-refractivity contribution < 1.29 is 29.3 Å². The second-order valence-electron chi connectivity index (χ2n) is 6.44. The molecule has 2 unspecified atom stereocenters. The van der Waals surface area contributed by atoms with E-state index in [0.717, 1.165) is 16.3 Å². The Bertz CT molecular complexity index is 950. The lowest BCUT2D eigenvalue weighted by molar-refractivity contribution is -0.143. The maximum Gasteiger partial charge on any atom is 0.336 e. The molecule has 12 nitrogen and oxygen atoms in total. The Morgan fingerprint density at radius 2 is 1.52 bits per heavy atom. The van der Waals surface area contributed by atoms with Crippen LogP contribution < -0.4 is 17.1 Å². The molecule has 0 saturated carbocycles. The van der Waals surface area contributed by atoms with Gasteiger partial charge >= 0.3 is 29.0 Å². The minimum Gasteiger partial charge on any atom is -0.468 e. The lowest BCUT2D eigenvalue weighted by atomic mass is 10.3. The van der Waals surface area contributed by atoms with Crippen LogP contribution in [0.5, 0.6) is 0 Å². The highest BCUT2D eigenvalue weighted by Gasteiger charge is 2.19. The van der Waals surface area contributed by atoms with E-state index in [9.17, 15) is 34.2 Å². The zero-order valence-corrected chi connectivity index (χ0v) is 18.2. The first-order valence-corrected chi connectivity index (χ1v) is 10.5. The zero-order chi connectivity index (χ0) is 23.6. The Hall–Kier alpha value is -2.64. The number of rotatable bonds is 13. The van der Waals surface area contributed by atoms with Gasteiger partial charge in [0.15, 0.2) is 0 Å². The topological polar surface area (TPSA) is 159 Å². The summed E-state index contributed by atoms with van der Waals surface area (Å²) < 4.78 is 11.4. The fourth-order valence-corrected chi connectivity index (χ4v) is 3.03. The normalized spacial score (nSPS) is 12.8. The van der Waals surface area contributed by atoms with Crippen LogP contribution in [-0.4, -0.2) is 73.3 Å². The van der Waals surface area contributed by atoms with Gasteiger partial charge in [0.1, 0.15) is 12.7 Å². The molecule has 174 valence electrons. The number of hydrogen-bond donors (Lipinski definition) is 2. The lowest BCUT2D eigenvalue weighted by Crippen LogP contribution is -2.56. The van der Waals surface area contributed by atoms with Crippen LogP contribution in [-0.2, 0) is 38.7 Å². The standard InChI is InChI=1S/C18H27N3O9S/c1-4-6-19-16(26)20(7-12(22)5-2)18(28)21(17(19)27)8-13(23)9-30-15(25)11-31-10-14(24)29-3/h4,12-13,22-23H,1,5-11H2,2-3H3. The Balaban J connectivity index is 2.95. The smallest absolute Gasteiger partial charge is 0.336 e. The third-order valence-corrected chi connectivity index (χ3v) is 4.94. The Kier molecular flexibility index (Phi) is 11.0. The van der Waals surface area contributed by atoms with Gasteiger partial charge in [-0.25, -0.2) is 28.1 Å². The van der Waals surface area contributed by atoms with E-state index in [-0.39, 0.29) is 31.0 Å². The molecule has 0 spiro atoms. The van der Waals surface area contributed by atoms with Gasteiger partial charge in [0.05, 0.1) is 44.4 Å². The quantitative estimate of drug-likeness (QED) is 0.247. The minimum absolute atomic E-state index is 0.0441. The molecule has 0 amide bonds. The van der Waals surface area contributed by atoms with E-state index in [0.29, 0.717) is 9.13 Å². The number of aromatic nitrogens is 3. The molecule has 1 rings (SSSR count). The van der Waals surface area contributed by atoms with Crippen LogP contribution in [0.4, 0.5) is 0 Å². The molecule has 1 heterocycles. The first-order valence-electron chi connectivity index (χ1n) is 9.37. The number of aliphatic hydroxyl groups is 2. The summed E-state index contributed by atoms with van der Waals surface area (Å²) in [6, 6.07) is 0. The van der Waals surface area contributed by atoms with Gasteiger partial charge in [0, 0.05) is 0 Å². The van der Waals surface area contributed by atoms with E-state index < -0.39 is 54.4 Å². The first-order chi connectivity index (χ1) is 14.7. The molecule has 2 atom stereocenters. The van der Waals surface area contributed by atoms with Crippen LogP contribution in [0, 0.1) is 0 Å². The van der Waals surface area contributed by atoms with Gasteiger partial charge in [-0.15, -0.1) is 18.3 Å². The van der Waals surface area contributed by atoms with Crippen LogP contribution in [0.1, 0.15) is 13.3 Å². The first kappa shape index (κ1) is 26.4. The summed E-state index contributed by atoms with van der Waals surface area (Å²) in [7, 11) is 1.22.